The van der Waals surface area contributed by atoms with E-state index in [4.69, 9.17) is 0 Å². The summed E-state index contributed by atoms with van der Waals surface area (Å²) in [4.78, 5) is 23.2. The molecule has 0 atom stereocenters. The largest absolute Gasteiger partial charge is 0.336 e. The van der Waals surface area contributed by atoms with Crippen LogP contribution >= 0.6 is 0 Å². The second kappa shape index (κ2) is 5.52. The van der Waals surface area contributed by atoms with Crippen molar-refractivity contribution in [3.8, 4) is 0 Å². The number of nitrogens with one attached hydrogen (secondary N) is 1. The van der Waals surface area contributed by atoms with E-state index in [0.29, 0.717) is 5.69 Å². The first kappa shape index (κ1) is 13.1. The summed E-state index contributed by atoms with van der Waals surface area (Å²) in [6.45, 7) is 3.62. The summed E-state index contributed by atoms with van der Waals surface area (Å²) >= 11 is 0. The molecule has 0 saturated carbocycles. The van der Waals surface area contributed by atoms with Crippen LogP contribution in [0.4, 0.5) is 5.69 Å². The molecule has 0 aliphatic rings. The summed E-state index contributed by atoms with van der Waals surface area (Å²) in [5.41, 5.74) is 2.44. The fourth-order valence-electron chi connectivity index (χ4n) is 1.86. The molecule has 1 aromatic carbocycles. The maximum absolute atomic E-state index is 11.9. The number of hydrogen-bond acceptors (Lipinski definition) is 2. The van der Waals surface area contributed by atoms with Gasteiger partial charge < -0.3 is 9.88 Å². The highest BCUT2D eigenvalue weighted by Crippen LogP contribution is 2.09. The minimum atomic E-state index is -0.150. The Bertz CT molecular complexity index is 597. The Morgan fingerprint density at radius 3 is 2.47 bits per heavy atom. The third-order valence-electron chi connectivity index (χ3n) is 2.84. The quantitative estimate of drug-likeness (QED) is 0.855. The molecular formula is C15H16N2O2. The SMILES string of the molecule is CC(=O)c1cccn1CC(=O)Nc1ccc(C)cc1. The van der Waals surface area contributed by atoms with Gasteiger partial charge in [0.1, 0.15) is 6.54 Å². The van der Waals surface area contributed by atoms with Crippen molar-refractivity contribution in [3.05, 3.63) is 53.9 Å². The molecule has 19 heavy (non-hydrogen) atoms. The van der Waals surface area contributed by atoms with Gasteiger partial charge in [0.15, 0.2) is 5.78 Å². The Balaban J connectivity index is 2.03. The van der Waals surface area contributed by atoms with E-state index >= 15 is 0 Å². The van der Waals surface area contributed by atoms with Gasteiger partial charge in [0.2, 0.25) is 5.91 Å². The van der Waals surface area contributed by atoms with Crippen LogP contribution in [-0.2, 0) is 11.3 Å². The highest BCUT2D eigenvalue weighted by Gasteiger charge is 2.09. The van der Waals surface area contributed by atoms with Crippen molar-refractivity contribution < 1.29 is 9.59 Å². The summed E-state index contributed by atoms with van der Waals surface area (Å²) in [6, 6.07) is 11.1. The molecule has 2 aromatic rings. The van der Waals surface area contributed by atoms with E-state index in [1.807, 2.05) is 31.2 Å². The number of amides is 1. The Labute approximate surface area is 112 Å². The van der Waals surface area contributed by atoms with Gasteiger partial charge in [-0.25, -0.2) is 0 Å². The number of hydrogen-bond donors (Lipinski definition) is 1. The van der Waals surface area contributed by atoms with Gasteiger partial charge in [0.05, 0.1) is 5.69 Å². The van der Waals surface area contributed by atoms with E-state index in [2.05, 4.69) is 5.32 Å². The molecule has 0 saturated heterocycles. The third kappa shape index (κ3) is 3.31. The summed E-state index contributed by atoms with van der Waals surface area (Å²) in [5.74, 6) is -0.198. The lowest BCUT2D eigenvalue weighted by atomic mass is 10.2. The molecule has 0 aliphatic heterocycles. The molecule has 1 aromatic heterocycles. The lowest BCUT2D eigenvalue weighted by Crippen LogP contribution is -2.20. The first-order chi connectivity index (χ1) is 9.06. The van der Waals surface area contributed by atoms with Gasteiger partial charge in [-0.3, -0.25) is 9.59 Å². The number of rotatable bonds is 4. The van der Waals surface area contributed by atoms with Crippen molar-refractivity contribution in [1.29, 1.82) is 0 Å². The number of ketones is 1. The van der Waals surface area contributed by atoms with Crippen LogP contribution in [0.25, 0.3) is 0 Å². The Kier molecular flexibility index (Phi) is 3.80. The molecule has 0 spiro atoms. The van der Waals surface area contributed by atoms with Gasteiger partial charge in [-0.15, -0.1) is 0 Å². The molecular weight excluding hydrogens is 240 g/mol. The fourth-order valence-corrected chi connectivity index (χ4v) is 1.86. The maximum Gasteiger partial charge on any atom is 0.244 e. The molecule has 0 unspecified atom stereocenters. The third-order valence-corrected chi connectivity index (χ3v) is 2.84. The van der Waals surface area contributed by atoms with E-state index in [0.717, 1.165) is 11.3 Å². The molecule has 1 heterocycles. The topological polar surface area (TPSA) is 51.1 Å². The van der Waals surface area contributed by atoms with Crippen molar-refractivity contribution in [2.45, 2.75) is 20.4 Å². The average molecular weight is 256 g/mol. The van der Waals surface area contributed by atoms with E-state index < -0.39 is 0 Å². The summed E-state index contributed by atoms with van der Waals surface area (Å²) < 4.78 is 1.64. The highest BCUT2D eigenvalue weighted by molar-refractivity contribution is 5.94. The van der Waals surface area contributed by atoms with Crippen molar-refractivity contribution in [1.82, 2.24) is 4.57 Å². The van der Waals surface area contributed by atoms with Crippen LogP contribution in [0.2, 0.25) is 0 Å². The van der Waals surface area contributed by atoms with E-state index in [9.17, 15) is 9.59 Å². The summed E-state index contributed by atoms with van der Waals surface area (Å²) in [7, 11) is 0. The summed E-state index contributed by atoms with van der Waals surface area (Å²) in [6.07, 6.45) is 1.73. The zero-order valence-electron chi connectivity index (χ0n) is 11.0. The molecule has 4 heteroatoms. The molecule has 2 rings (SSSR count). The molecule has 1 amide bonds. The molecule has 98 valence electrons. The zero-order valence-corrected chi connectivity index (χ0v) is 11.0. The second-order valence-corrected chi connectivity index (χ2v) is 4.49. The Morgan fingerprint density at radius 1 is 1.16 bits per heavy atom. The van der Waals surface area contributed by atoms with Crippen LogP contribution < -0.4 is 5.32 Å². The fraction of sp³-hybridized carbons (Fsp3) is 0.200. The van der Waals surface area contributed by atoms with Gasteiger partial charge >= 0.3 is 0 Å². The van der Waals surface area contributed by atoms with Crippen molar-refractivity contribution >= 4 is 17.4 Å². The number of Topliss-reactive ketones (excluding diaryl/α,β-unsaturated/α-hetero) is 1. The molecule has 0 aliphatic carbocycles. The van der Waals surface area contributed by atoms with E-state index in [1.165, 1.54) is 6.92 Å². The van der Waals surface area contributed by atoms with Gasteiger partial charge in [0, 0.05) is 18.8 Å². The number of carbonyl (C=O) groups excluding carboxylic acids is 2. The van der Waals surface area contributed by atoms with Crippen LogP contribution in [-0.4, -0.2) is 16.3 Å². The van der Waals surface area contributed by atoms with Crippen molar-refractivity contribution in [3.63, 3.8) is 0 Å². The average Bonchev–Trinajstić information content (AvgIpc) is 2.80. The first-order valence-electron chi connectivity index (χ1n) is 6.09. The smallest absolute Gasteiger partial charge is 0.244 e. The highest BCUT2D eigenvalue weighted by atomic mass is 16.2. The van der Waals surface area contributed by atoms with E-state index in [-0.39, 0.29) is 18.2 Å². The predicted molar refractivity (Wildman–Crippen MR) is 74.2 cm³/mol. The maximum atomic E-state index is 11.9. The zero-order chi connectivity index (χ0) is 13.8. The van der Waals surface area contributed by atoms with Crippen LogP contribution in [0, 0.1) is 6.92 Å². The predicted octanol–water partition coefficient (Wildman–Crippen LogP) is 2.64. The molecule has 0 bridgehead atoms. The van der Waals surface area contributed by atoms with E-state index in [1.54, 1.807) is 22.9 Å². The second-order valence-electron chi connectivity index (χ2n) is 4.49. The van der Waals surface area contributed by atoms with Gasteiger partial charge in [-0.1, -0.05) is 17.7 Å². The van der Waals surface area contributed by atoms with Crippen LogP contribution in [0.5, 0.6) is 0 Å². The number of benzene rings is 1. The number of aromatic nitrogens is 1. The van der Waals surface area contributed by atoms with Crippen LogP contribution in [0.3, 0.4) is 0 Å². The number of nitrogens with zero attached hydrogens (tertiary/aromatic N) is 1. The Morgan fingerprint density at radius 2 is 1.84 bits per heavy atom. The van der Waals surface area contributed by atoms with Crippen LogP contribution in [0.15, 0.2) is 42.6 Å². The standard InChI is InChI=1S/C15H16N2O2/c1-11-5-7-13(8-6-11)16-15(19)10-17-9-3-4-14(17)12(2)18/h3-9H,10H2,1-2H3,(H,16,19). The number of aryl methyl sites for hydroxylation is 1. The van der Waals surface area contributed by atoms with Crippen LogP contribution in [0.1, 0.15) is 23.0 Å². The minimum absolute atomic E-state index is 0.0480. The monoisotopic (exact) mass is 256 g/mol. The molecule has 4 nitrogen and oxygen atoms in total. The van der Waals surface area contributed by atoms with Crippen molar-refractivity contribution in [2.75, 3.05) is 5.32 Å². The molecule has 0 radical (unpaired) electrons. The molecule has 1 N–H and O–H groups in total. The Hall–Kier alpha value is -2.36. The van der Waals surface area contributed by atoms with Gasteiger partial charge in [-0.2, -0.15) is 0 Å². The normalized spacial score (nSPS) is 10.2. The number of carbonyl (C=O) groups is 2. The molecule has 0 fully saturated rings. The van der Waals surface area contributed by atoms with Gasteiger partial charge in [0.25, 0.3) is 0 Å². The lowest BCUT2D eigenvalue weighted by Gasteiger charge is -2.08. The van der Waals surface area contributed by atoms with Crippen molar-refractivity contribution in [2.24, 2.45) is 0 Å². The lowest BCUT2D eigenvalue weighted by molar-refractivity contribution is -0.116. The first-order valence-corrected chi connectivity index (χ1v) is 6.09. The number of anilines is 1. The summed E-state index contributed by atoms with van der Waals surface area (Å²) in [5, 5.41) is 2.80. The van der Waals surface area contributed by atoms with Gasteiger partial charge in [-0.05, 0) is 31.2 Å². The minimum Gasteiger partial charge on any atom is -0.336 e.